The summed E-state index contributed by atoms with van der Waals surface area (Å²) in [6.07, 6.45) is -0.240. The first kappa shape index (κ1) is 27.9. The molecular weight excluding hydrogens is 428 g/mol. The third-order valence-corrected chi connectivity index (χ3v) is 4.85. The number of ether oxygens (including phenoxy) is 3. The van der Waals surface area contributed by atoms with Crippen molar-refractivity contribution in [2.45, 2.75) is 78.2 Å². The van der Waals surface area contributed by atoms with Gasteiger partial charge in [0.1, 0.15) is 24.3 Å². The van der Waals surface area contributed by atoms with Crippen LogP contribution in [0.1, 0.15) is 59.4 Å². The zero-order valence-electron chi connectivity index (χ0n) is 20.3. The largest absolute Gasteiger partial charge is 0.467 e. The quantitative estimate of drug-likeness (QED) is 0.381. The SMILES string of the molecule is CCC(C)[C@H](NC(=O)OC(C)(C)C)C(=O)N[C@H](CCC(=O)OCc1ccccc1)C(=O)OC. The molecule has 9 nitrogen and oxygen atoms in total. The minimum Gasteiger partial charge on any atom is -0.467 e. The van der Waals surface area contributed by atoms with Crippen molar-refractivity contribution in [3.8, 4) is 0 Å². The summed E-state index contributed by atoms with van der Waals surface area (Å²) in [4.78, 5) is 49.5. The van der Waals surface area contributed by atoms with Gasteiger partial charge >= 0.3 is 18.0 Å². The summed E-state index contributed by atoms with van der Waals surface area (Å²) in [6, 6.07) is 7.20. The van der Waals surface area contributed by atoms with Gasteiger partial charge in [-0.2, -0.15) is 0 Å². The molecule has 184 valence electrons. The van der Waals surface area contributed by atoms with Crippen LogP contribution in [0.15, 0.2) is 30.3 Å². The first-order valence-corrected chi connectivity index (χ1v) is 11.0. The van der Waals surface area contributed by atoms with Crippen LogP contribution in [0, 0.1) is 5.92 Å². The molecule has 0 aromatic heterocycles. The molecule has 0 fully saturated rings. The topological polar surface area (TPSA) is 120 Å². The number of hydrogen-bond acceptors (Lipinski definition) is 7. The van der Waals surface area contributed by atoms with Crippen LogP contribution < -0.4 is 10.6 Å². The number of carbonyl (C=O) groups is 4. The standard InChI is InChI=1S/C24H36N2O7/c1-7-16(2)20(26-23(30)33-24(3,4)5)21(28)25-18(22(29)31-6)13-14-19(27)32-15-17-11-9-8-10-12-17/h8-12,16,18,20H,7,13-15H2,1-6H3,(H,25,28)(H,26,30)/t16?,18-,20+/m1/s1. The van der Waals surface area contributed by atoms with Crippen molar-refractivity contribution in [1.82, 2.24) is 10.6 Å². The lowest BCUT2D eigenvalue weighted by Gasteiger charge is -2.27. The number of alkyl carbamates (subject to hydrolysis) is 1. The van der Waals surface area contributed by atoms with Crippen molar-refractivity contribution in [3.63, 3.8) is 0 Å². The first-order valence-electron chi connectivity index (χ1n) is 11.0. The van der Waals surface area contributed by atoms with E-state index >= 15 is 0 Å². The maximum absolute atomic E-state index is 12.9. The Morgan fingerprint density at radius 3 is 2.21 bits per heavy atom. The molecule has 0 saturated heterocycles. The van der Waals surface area contributed by atoms with E-state index in [1.807, 2.05) is 37.3 Å². The molecule has 9 heteroatoms. The zero-order valence-corrected chi connectivity index (χ0v) is 20.3. The Morgan fingerprint density at radius 1 is 1.03 bits per heavy atom. The Kier molecular flexibility index (Phi) is 11.4. The second-order valence-electron chi connectivity index (χ2n) is 8.78. The number of nitrogens with one attached hydrogen (secondary N) is 2. The Bertz CT molecular complexity index is 790. The van der Waals surface area contributed by atoms with Crippen LogP contribution in [0.3, 0.4) is 0 Å². The molecule has 1 unspecified atom stereocenters. The number of amides is 2. The molecule has 0 spiro atoms. The third-order valence-electron chi connectivity index (χ3n) is 4.85. The highest BCUT2D eigenvalue weighted by atomic mass is 16.6. The van der Waals surface area contributed by atoms with Crippen LogP contribution >= 0.6 is 0 Å². The maximum Gasteiger partial charge on any atom is 0.408 e. The van der Waals surface area contributed by atoms with E-state index in [1.165, 1.54) is 7.11 Å². The molecule has 0 aliphatic rings. The molecule has 0 saturated carbocycles. The molecule has 2 N–H and O–H groups in total. The van der Waals surface area contributed by atoms with E-state index in [-0.39, 0.29) is 25.4 Å². The van der Waals surface area contributed by atoms with Gasteiger partial charge in [0.2, 0.25) is 5.91 Å². The van der Waals surface area contributed by atoms with Crippen LogP contribution in [0.4, 0.5) is 4.79 Å². The minimum atomic E-state index is -1.07. The van der Waals surface area contributed by atoms with E-state index in [1.54, 1.807) is 27.7 Å². The summed E-state index contributed by atoms with van der Waals surface area (Å²) in [6.45, 7) is 8.95. The number of esters is 2. The second kappa shape index (κ2) is 13.4. The summed E-state index contributed by atoms with van der Waals surface area (Å²) in [5.74, 6) is -2.00. The lowest BCUT2D eigenvalue weighted by Crippen LogP contribution is -2.55. The monoisotopic (exact) mass is 464 g/mol. The predicted molar refractivity (Wildman–Crippen MR) is 122 cm³/mol. The van der Waals surface area contributed by atoms with E-state index in [0.717, 1.165) is 5.56 Å². The fourth-order valence-corrected chi connectivity index (χ4v) is 2.86. The molecule has 1 rings (SSSR count). The van der Waals surface area contributed by atoms with Gasteiger partial charge in [-0.3, -0.25) is 9.59 Å². The molecule has 1 aromatic carbocycles. The summed E-state index contributed by atoms with van der Waals surface area (Å²) >= 11 is 0. The van der Waals surface area contributed by atoms with Gasteiger partial charge in [-0.1, -0.05) is 50.6 Å². The van der Waals surface area contributed by atoms with Crippen LogP contribution in [0.25, 0.3) is 0 Å². The van der Waals surface area contributed by atoms with Crippen molar-refractivity contribution in [1.29, 1.82) is 0 Å². The van der Waals surface area contributed by atoms with Crippen LogP contribution in [0.2, 0.25) is 0 Å². The highest BCUT2D eigenvalue weighted by Crippen LogP contribution is 2.13. The van der Waals surface area contributed by atoms with Gasteiger partial charge in [-0.05, 0) is 38.7 Å². The smallest absolute Gasteiger partial charge is 0.408 e. The van der Waals surface area contributed by atoms with E-state index in [2.05, 4.69) is 10.6 Å². The van der Waals surface area contributed by atoms with E-state index in [9.17, 15) is 19.2 Å². The molecule has 0 aliphatic heterocycles. The van der Waals surface area contributed by atoms with Gasteiger partial charge in [0, 0.05) is 6.42 Å². The van der Waals surface area contributed by atoms with Crippen molar-refractivity contribution < 1.29 is 33.4 Å². The number of methoxy groups -OCH3 is 1. The molecule has 2 amide bonds. The predicted octanol–water partition coefficient (Wildman–Crippen LogP) is 3.11. The van der Waals surface area contributed by atoms with Gasteiger partial charge < -0.3 is 24.8 Å². The van der Waals surface area contributed by atoms with Crippen molar-refractivity contribution in [3.05, 3.63) is 35.9 Å². The van der Waals surface area contributed by atoms with Gasteiger partial charge in [-0.25, -0.2) is 9.59 Å². The molecule has 0 radical (unpaired) electrons. The number of benzene rings is 1. The fourth-order valence-electron chi connectivity index (χ4n) is 2.86. The molecule has 1 aromatic rings. The Hall–Kier alpha value is -3.10. The van der Waals surface area contributed by atoms with Gasteiger partial charge in [0.25, 0.3) is 0 Å². The molecule has 0 bridgehead atoms. The van der Waals surface area contributed by atoms with E-state index in [0.29, 0.717) is 6.42 Å². The zero-order chi connectivity index (χ0) is 25.0. The third kappa shape index (κ3) is 10.9. The van der Waals surface area contributed by atoms with Crippen LogP contribution in [-0.4, -0.2) is 48.7 Å². The number of carbonyl (C=O) groups excluding carboxylic acids is 4. The summed E-state index contributed by atoms with van der Waals surface area (Å²) < 4.78 is 15.2. The molecule has 3 atom stereocenters. The normalized spacial score (nSPS) is 13.8. The Morgan fingerprint density at radius 2 is 1.67 bits per heavy atom. The molecule has 0 aliphatic carbocycles. The average Bonchev–Trinajstić information content (AvgIpc) is 2.77. The number of hydrogen-bond donors (Lipinski definition) is 2. The fraction of sp³-hybridized carbons (Fsp3) is 0.583. The summed E-state index contributed by atoms with van der Waals surface area (Å²) in [5.41, 5.74) is 0.114. The van der Waals surface area contributed by atoms with Crippen molar-refractivity contribution in [2.24, 2.45) is 5.92 Å². The van der Waals surface area contributed by atoms with Crippen molar-refractivity contribution >= 4 is 23.9 Å². The first-order chi connectivity index (χ1) is 15.5. The van der Waals surface area contributed by atoms with Crippen molar-refractivity contribution in [2.75, 3.05) is 7.11 Å². The lowest BCUT2D eigenvalue weighted by molar-refractivity contribution is -0.148. The number of rotatable bonds is 11. The average molecular weight is 465 g/mol. The summed E-state index contributed by atoms with van der Waals surface area (Å²) in [7, 11) is 1.19. The molecular formula is C24H36N2O7. The minimum absolute atomic E-state index is 0.00823. The van der Waals surface area contributed by atoms with Crippen LogP contribution in [-0.2, 0) is 35.2 Å². The van der Waals surface area contributed by atoms with E-state index in [4.69, 9.17) is 14.2 Å². The highest BCUT2D eigenvalue weighted by Gasteiger charge is 2.32. The van der Waals surface area contributed by atoms with Gasteiger partial charge in [0.05, 0.1) is 7.11 Å². The second-order valence-corrected chi connectivity index (χ2v) is 8.78. The Labute approximate surface area is 195 Å². The molecule has 0 heterocycles. The maximum atomic E-state index is 12.9. The van der Waals surface area contributed by atoms with Gasteiger partial charge in [-0.15, -0.1) is 0 Å². The van der Waals surface area contributed by atoms with E-state index < -0.39 is 41.6 Å². The van der Waals surface area contributed by atoms with Gasteiger partial charge in [0.15, 0.2) is 0 Å². The van der Waals surface area contributed by atoms with Crippen LogP contribution in [0.5, 0.6) is 0 Å². The highest BCUT2D eigenvalue weighted by molar-refractivity contribution is 5.90. The summed E-state index contributed by atoms with van der Waals surface area (Å²) in [5, 5.41) is 5.16. The Balaban J connectivity index is 2.74. The lowest BCUT2D eigenvalue weighted by atomic mass is 9.98. The molecule has 33 heavy (non-hydrogen) atoms.